The van der Waals surface area contributed by atoms with Crippen LogP contribution in [0.2, 0.25) is 0 Å². The maximum atomic E-state index is 11.9. The Kier molecular flexibility index (Phi) is 4.22. The van der Waals surface area contributed by atoms with Crippen molar-refractivity contribution in [3.05, 3.63) is 66.9 Å². The molecule has 7 nitrogen and oxygen atoms in total. The number of hydrogen-bond donors (Lipinski definition) is 3. The molecule has 0 aliphatic carbocycles. The summed E-state index contributed by atoms with van der Waals surface area (Å²) in [6, 6.07) is 6.19. The van der Waals surface area contributed by atoms with Crippen LogP contribution in [0, 0.1) is 0 Å². The van der Waals surface area contributed by atoms with E-state index in [9.17, 15) is 14.7 Å². The first-order chi connectivity index (χ1) is 11.5. The highest BCUT2D eigenvalue weighted by atomic mass is 79.9. The van der Waals surface area contributed by atoms with Gasteiger partial charge in [-0.3, -0.25) is 19.6 Å². The van der Waals surface area contributed by atoms with Crippen LogP contribution in [0.3, 0.4) is 0 Å². The number of hydrogen-bond acceptors (Lipinski definition) is 6. The predicted octanol–water partition coefficient (Wildman–Crippen LogP) is 2.27. The maximum Gasteiger partial charge on any atom is 0.258 e. The van der Waals surface area contributed by atoms with Crippen LogP contribution >= 0.6 is 15.9 Å². The topological polar surface area (TPSA) is 116 Å². The molecule has 0 aliphatic heterocycles. The van der Waals surface area contributed by atoms with Gasteiger partial charge in [-0.05, 0) is 18.2 Å². The summed E-state index contributed by atoms with van der Waals surface area (Å²) in [6.45, 7) is 0.0313. The highest BCUT2D eigenvalue weighted by Gasteiger charge is 2.10. The fourth-order valence-electron chi connectivity index (χ4n) is 2.19. The van der Waals surface area contributed by atoms with Crippen molar-refractivity contribution in [2.75, 3.05) is 0 Å². The molecule has 0 amide bonds. The molecule has 122 valence electrons. The van der Waals surface area contributed by atoms with Crippen LogP contribution in [0.25, 0.3) is 10.8 Å². The Morgan fingerprint density at radius 3 is 2.75 bits per heavy atom. The maximum absolute atomic E-state index is 11.9. The minimum atomic E-state index is -0.562. The molecule has 1 aromatic carbocycles. The number of pyridine rings is 1. The molecule has 0 spiro atoms. The fourth-order valence-corrected chi connectivity index (χ4v) is 2.55. The Balaban J connectivity index is 2.00. The van der Waals surface area contributed by atoms with E-state index in [1.54, 1.807) is 18.2 Å². The van der Waals surface area contributed by atoms with Gasteiger partial charge in [0.05, 0.1) is 12.1 Å². The van der Waals surface area contributed by atoms with E-state index in [-0.39, 0.29) is 18.2 Å². The average molecular weight is 391 g/mol. The van der Waals surface area contributed by atoms with Gasteiger partial charge >= 0.3 is 0 Å². The number of nitrogens with zero attached hydrogens (tertiary/aromatic N) is 1. The molecule has 24 heavy (non-hydrogen) atoms. The molecular formula is C16H11BrN2O5. The van der Waals surface area contributed by atoms with Crippen molar-refractivity contribution in [2.24, 2.45) is 4.99 Å². The van der Waals surface area contributed by atoms with Gasteiger partial charge in [-0.15, -0.1) is 0 Å². The summed E-state index contributed by atoms with van der Waals surface area (Å²) in [4.78, 5) is 29.7. The summed E-state index contributed by atoms with van der Waals surface area (Å²) in [5.41, 5.74) is -0.628. The number of aliphatic imine (C=N–C) groups is 1. The van der Waals surface area contributed by atoms with Crippen molar-refractivity contribution < 1.29 is 14.6 Å². The van der Waals surface area contributed by atoms with Crippen molar-refractivity contribution in [1.29, 1.82) is 0 Å². The molecule has 3 rings (SSSR count). The molecule has 0 unspecified atom stereocenters. The standard InChI is InChI=1S/C16H11BrN2O5/c17-8-1-2-10-11(3-8)12(16(23)19-15(10)22)6-18-5-9-4-13(20)14(21)7-24-9/h1-4,6-7,21H,5H2,(H2,19,22,23). The second-order valence-electron chi connectivity index (χ2n) is 4.97. The third kappa shape index (κ3) is 3.09. The van der Waals surface area contributed by atoms with Crippen LogP contribution in [0.15, 0.2) is 54.0 Å². The highest BCUT2D eigenvalue weighted by Crippen LogP contribution is 2.24. The third-order valence-corrected chi connectivity index (χ3v) is 3.83. The van der Waals surface area contributed by atoms with Crippen LogP contribution in [0.4, 0.5) is 0 Å². The molecule has 0 saturated heterocycles. The quantitative estimate of drug-likeness (QED) is 0.593. The fraction of sp³-hybridized carbons (Fsp3) is 0.0625. The number of benzene rings is 1. The largest absolute Gasteiger partial charge is 0.502 e. The summed E-state index contributed by atoms with van der Waals surface area (Å²) >= 11 is 3.32. The van der Waals surface area contributed by atoms with Crippen LogP contribution in [0.1, 0.15) is 11.3 Å². The lowest BCUT2D eigenvalue weighted by Crippen LogP contribution is -2.08. The monoisotopic (exact) mass is 390 g/mol. The van der Waals surface area contributed by atoms with Gasteiger partial charge in [0.25, 0.3) is 5.56 Å². The molecule has 2 heterocycles. The lowest BCUT2D eigenvalue weighted by Gasteiger charge is -2.05. The van der Waals surface area contributed by atoms with Crippen LogP contribution in [0.5, 0.6) is 11.6 Å². The van der Waals surface area contributed by atoms with E-state index in [4.69, 9.17) is 9.52 Å². The van der Waals surface area contributed by atoms with Gasteiger partial charge in [-0.25, -0.2) is 0 Å². The van der Waals surface area contributed by atoms with Gasteiger partial charge in [0, 0.05) is 27.5 Å². The van der Waals surface area contributed by atoms with Crippen molar-refractivity contribution in [3.8, 4) is 11.6 Å². The van der Waals surface area contributed by atoms with Crippen molar-refractivity contribution in [3.63, 3.8) is 0 Å². The molecular weight excluding hydrogens is 380 g/mol. The summed E-state index contributed by atoms with van der Waals surface area (Å²) < 4.78 is 5.79. The van der Waals surface area contributed by atoms with Crippen LogP contribution in [-0.4, -0.2) is 21.4 Å². The Morgan fingerprint density at radius 1 is 1.21 bits per heavy atom. The normalized spacial score (nSPS) is 11.4. The van der Waals surface area contributed by atoms with Crippen LogP contribution < -0.4 is 11.0 Å². The number of halogens is 1. The van der Waals surface area contributed by atoms with Crippen molar-refractivity contribution in [2.45, 2.75) is 6.54 Å². The zero-order valence-electron chi connectivity index (χ0n) is 12.1. The average Bonchev–Trinajstić information content (AvgIpc) is 2.53. The first kappa shape index (κ1) is 16.0. The molecule has 0 saturated carbocycles. The van der Waals surface area contributed by atoms with E-state index in [1.165, 1.54) is 6.21 Å². The molecule has 0 fully saturated rings. The SMILES string of the molecule is O=c1cc(CN=Cc2c(O)[nH]c(=O)c3ccc(Br)cc23)occ1O. The van der Waals surface area contributed by atoms with Gasteiger partial charge < -0.3 is 14.6 Å². The molecule has 0 aliphatic rings. The molecule has 0 radical (unpaired) electrons. The van der Waals surface area contributed by atoms with E-state index in [2.05, 4.69) is 25.9 Å². The molecule has 8 heteroatoms. The third-order valence-electron chi connectivity index (χ3n) is 3.34. The zero-order chi connectivity index (χ0) is 17.3. The number of nitrogens with one attached hydrogen (secondary N) is 1. The Labute approximate surface area is 143 Å². The minimum absolute atomic E-state index is 0.0313. The van der Waals surface area contributed by atoms with E-state index in [1.807, 2.05) is 0 Å². The van der Waals surface area contributed by atoms with Gasteiger partial charge in [0.2, 0.25) is 11.3 Å². The van der Waals surface area contributed by atoms with Crippen LogP contribution in [-0.2, 0) is 6.54 Å². The van der Waals surface area contributed by atoms with Crippen molar-refractivity contribution >= 4 is 32.9 Å². The molecule has 3 aromatic rings. The molecule has 3 N–H and O–H groups in total. The smallest absolute Gasteiger partial charge is 0.258 e. The predicted molar refractivity (Wildman–Crippen MR) is 91.9 cm³/mol. The number of aromatic amines is 1. The number of aromatic nitrogens is 1. The summed E-state index contributed by atoms with van der Waals surface area (Å²) in [5, 5.41) is 20.1. The minimum Gasteiger partial charge on any atom is -0.502 e. The highest BCUT2D eigenvalue weighted by molar-refractivity contribution is 9.10. The number of aromatic hydroxyl groups is 2. The summed E-state index contributed by atoms with van der Waals surface area (Å²) in [5.74, 6) is -0.526. The van der Waals surface area contributed by atoms with E-state index in [0.717, 1.165) is 16.8 Å². The Morgan fingerprint density at radius 2 is 2.00 bits per heavy atom. The van der Waals surface area contributed by atoms with Crippen molar-refractivity contribution in [1.82, 2.24) is 4.98 Å². The Bertz CT molecular complexity index is 1070. The first-order valence-electron chi connectivity index (χ1n) is 6.80. The Hall–Kier alpha value is -2.87. The molecule has 0 bridgehead atoms. The molecule has 2 aromatic heterocycles. The van der Waals surface area contributed by atoms with Gasteiger partial charge in [0.15, 0.2) is 5.75 Å². The number of rotatable bonds is 3. The van der Waals surface area contributed by atoms with E-state index < -0.39 is 16.7 Å². The number of H-pyrrole nitrogens is 1. The molecule has 0 atom stereocenters. The van der Waals surface area contributed by atoms with Gasteiger partial charge in [-0.1, -0.05) is 15.9 Å². The second kappa shape index (κ2) is 6.32. The van der Waals surface area contributed by atoms with E-state index >= 15 is 0 Å². The second-order valence-corrected chi connectivity index (χ2v) is 5.89. The zero-order valence-corrected chi connectivity index (χ0v) is 13.7. The first-order valence-corrected chi connectivity index (χ1v) is 7.60. The summed E-state index contributed by atoms with van der Waals surface area (Å²) in [7, 11) is 0. The number of fused-ring (bicyclic) bond motifs is 1. The summed E-state index contributed by atoms with van der Waals surface area (Å²) in [6.07, 6.45) is 2.32. The lowest BCUT2D eigenvalue weighted by molar-refractivity contribution is 0.414. The van der Waals surface area contributed by atoms with E-state index in [0.29, 0.717) is 16.3 Å². The van der Waals surface area contributed by atoms with Gasteiger partial charge in [-0.2, -0.15) is 0 Å². The van der Waals surface area contributed by atoms with Gasteiger partial charge in [0.1, 0.15) is 12.0 Å². The lowest BCUT2D eigenvalue weighted by atomic mass is 10.1.